The fourth-order valence-electron chi connectivity index (χ4n) is 3.85. The monoisotopic (exact) mass is 412 g/mol. The van der Waals surface area contributed by atoms with Crippen LogP contribution in [0.15, 0.2) is 78.9 Å². The van der Waals surface area contributed by atoms with E-state index in [4.69, 9.17) is 4.98 Å². The molecule has 30 heavy (non-hydrogen) atoms. The van der Waals surface area contributed by atoms with Gasteiger partial charge < -0.3 is 15.5 Å². The molecule has 5 aromatic rings. The number of aryl methyl sites for hydroxylation is 1. The predicted octanol–water partition coefficient (Wildman–Crippen LogP) is 6.37. The average Bonchev–Trinajstić information content (AvgIpc) is 3.17. The molecular weight excluding hydrogens is 392 g/mol. The van der Waals surface area contributed by atoms with Crippen LogP contribution in [0.25, 0.3) is 21.0 Å². The lowest BCUT2D eigenvalue weighted by Crippen LogP contribution is -2.13. The van der Waals surface area contributed by atoms with Crippen molar-refractivity contribution in [3.05, 3.63) is 95.6 Å². The van der Waals surface area contributed by atoms with E-state index in [1.54, 1.807) is 29.5 Å². The Morgan fingerprint density at radius 3 is 2.47 bits per heavy atom. The van der Waals surface area contributed by atoms with Gasteiger partial charge in [-0.3, -0.25) is 0 Å². The third-order valence-corrected chi connectivity index (χ3v) is 6.30. The second kappa shape index (κ2) is 7.35. The summed E-state index contributed by atoms with van der Waals surface area (Å²) in [4.78, 5) is 4.81. The molecule has 1 heterocycles. The molecule has 0 aliphatic heterocycles. The number of hydrogen-bond acceptors (Lipinski definition) is 5. The van der Waals surface area contributed by atoms with Crippen molar-refractivity contribution in [3.63, 3.8) is 0 Å². The number of aromatic hydroxyl groups is 2. The average molecular weight is 413 g/mol. The Morgan fingerprint density at radius 1 is 0.867 bits per heavy atom. The predicted molar refractivity (Wildman–Crippen MR) is 124 cm³/mol. The largest absolute Gasteiger partial charge is 0.508 e. The van der Waals surface area contributed by atoms with Crippen molar-refractivity contribution in [2.75, 3.05) is 5.32 Å². The van der Waals surface area contributed by atoms with E-state index in [0.29, 0.717) is 0 Å². The maximum atomic E-state index is 10.9. The van der Waals surface area contributed by atoms with Crippen LogP contribution in [-0.2, 0) is 0 Å². The van der Waals surface area contributed by atoms with Crippen molar-refractivity contribution in [2.24, 2.45) is 0 Å². The topological polar surface area (TPSA) is 65.4 Å². The van der Waals surface area contributed by atoms with Crippen LogP contribution in [0.3, 0.4) is 0 Å². The molecule has 0 radical (unpaired) electrons. The van der Waals surface area contributed by atoms with Crippen LogP contribution < -0.4 is 5.32 Å². The Balaban J connectivity index is 1.69. The number of nitrogens with zero attached hydrogens (tertiary/aromatic N) is 1. The number of para-hydroxylation sites is 1. The number of nitrogens with one attached hydrogen (secondary N) is 1. The summed E-state index contributed by atoms with van der Waals surface area (Å²) in [6.07, 6.45) is 0. The Bertz CT molecular complexity index is 1360. The normalized spacial score (nSPS) is 12.3. The van der Waals surface area contributed by atoms with Gasteiger partial charge in [-0.15, -0.1) is 0 Å². The van der Waals surface area contributed by atoms with E-state index in [1.165, 1.54) is 0 Å². The first kappa shape index (κ1) is 18.5. The molecule has 0 saturated carbocycles. The Morgan fingerprint density at radius 2 is 1.67 bits per heavy atom. The molecule has 0 bridgehead atoms. The second-order valence-electron chi connectivity index (χ2n) is 7.33. The smallest absolute Gasteiger partial charge is 0.184 e. The number of phenols is 2. The minimum atomic E-state index is -0.336. The lowest BCUT2D eigenvalue weighted by atomic mass is 9.93. The highest BCUT2D eigenvalue weighted by Gasteiger charge is 2.22. The summed E-state index contributed by atoms with van der Waals surface area (Å²) in [6, 6.07) is 24.5. The zero-order valence-corrected chi connectivity index (χ0v) is 17.1. The summed E-state index contributed by atoms with van der Waals surface area (Å²) in [5.74, 6) is 0.423. The van der Waals surface area contributed by atoms with Crippen molar-refractivity contribution in [3.8, 4) is 11.5 Å². The SMILES string of the molecule is Cc1cccc2sc(NC(c3ccc(O)cc3)c3c(O)ccc4ccccc34)nc12. The van der Waals surface area contributed by atoms with E-state index >= 15 is 0 Å². The number of benzene rings is 4. The molecule has 0 aliphatic carbocycles. The molecule has 4 nitrogen and oxygen atoms in total. The second-order valence-corrected chi connectivity index (χ2v) is 8.36. The van der Waals surface area contributed by atoms with Crippen LogP contribution in [0.5, 0.6) is 11.5 Å². The van der Waals surface area contributed by atoms with Crippen LogP contribution >= 0.6 is 11.3 Å². The molecule has 0 amide bonds. The first-order chi connectivity index (χ1) is 14.6. The van der Waals surface area contributed by atoms with Crippen LogP contribution in [0.1, 0.15) is 22.7 Å². The molecule has 1 unspecified atom stereocenters. The lowest BCUT2D eigenvalue weighted by molar-refractivity contribution is 0.467. The standard InChI is InChI=1S/C25H20N2O2S/c1-15-5-4-8-21-23(15)26-25(30-21)27-24(17-9-12-18(28)13-10-17)22-19-7-3-2-6-16(19)11-14-20(22)29/h2-14,24,28-29H,1H3,(H,26,27). The van der Waals surface area contributed by atoms with Crippen molar-refractivity contribution in [1.29, 1.82) is 0 Å². The van der Waals surface area contributed by atoms with E-state index < -0.39 is 0 Å². The zero-order valence-electron chi connectivity index (χ0n) is 16.3. The summed E-state index contributed by atoms with van der Waals surface area (Å²) >= 11 is 1.59. The molecular formula is C25H20N2O2S. The van der Waals surface area contributed by atoms with Crippen LogP contribution in [-0.4, -0.2) is 15.2 Å². The zero-order chi connectivity index (χ0) is 20.7. The molecule has 0 fully saturated rings. The lowest BCUT2D eigenvalue weighted by Gasteiger charge is -2.22. The highest BCUT2D eigenvalue weighted by Crippen LogP contribution is 2.39. The van der Waals surface area contributed by atoms with Gasteiger partial charge >= 0.3 is 0 Å². The Labute approximate surface area is 178 Å². The molecule has 5 rings (SSSR count). The number of rotatable bonds is 4. The number of hydrogen-bond donors (Lipinski definition) is 3. The highest BCUT2D eigenvalue weighted by molar-refractivity contribution is 7.22. The maximum Gasteiger partial charge on any atom is 0.184 e. The number of thiazole rings is 1. The van der Waals surface area contributed by atoms with Gasteiger partial charge in [-0.25, -0.2) is 4.98 Å². The summed E-state index contributed by atoms with van der Waals surface area (Å²) in [7, 11) is 0. The third kappa shape index (κ3) is 3.23. The molecule has 3 N–H and O–H groups in total. The van der Waals surface area contributed by atoms with Gasteiger partial charge in [-0.1, -0.05) is 65.9 Å². The molecule has 148 valence electrons. The van der Waals surface area contributed by atoms with Gasteiger partial charge in [0.05, 0.1) is 16.3 Å². The van der Waals surface area contributed by atoms with Crippen molar-refractivity contribution < 1.29 is 10.2 Å². The molecule has 1 atom stereocenters. The molecule has 4 aromatic carbocycles. The minimum absolute atomic E-state index is 0.204. The molecule has 0 aliphatic rings. The summed E-state index contributed by atoms with van der Waals surface area (Å²) in [5, 5.41) is 27.0. The highest BCUT2D eigenvalue weighted by atomic mass is 32.1. The summed E-state index contributed by atoms with van der Waals surface area (Å²) < 4.78 is 1.11. The van der Waals surface area contributed by atoms with Gasteiger partial charge in [0.1, 0.15) is 11.5 Å². The van der Waals surface area contributed by atoms with E-state index in [2.05, 4.69) is 24.4 Å². The number of aromatic nitrogens is 1. The van der Waals surface area contributed by atoms with Crippen molar-refractivity contribution >= 4 is 37.5 Å². The van der Waals surface area contributed by atoms with E-state index in [-0.39, 0.29) is 17.5 Å². The van der Waals surface area contributed by atoms with Gasteiger partial charge in [0.25, 0.3) is 0 Å². The van der Waals surface area contributed by atoms with Crippen molar-refractivity contribution in [1.82, 2.24) is 4.98 Å². The molecule has 0 spiro atoms. The molecule has 0 saturated heterocycles. The van der Waals surface area contributed by atoms with Crippen molar-refractivity contribution in [2.45, 2.75) is 13.0 Å². The van der Waals surface area contributed by atoms with Crippen LogP contribution in [0.4, 0.5) is 5.13 Å². The quantitative estimate of drug-likeness (QED) is 0.321. The number of phenolic OH excluding ortho intramolecular Hbond substituents is 2. The van der Waals surface area contributed by atoms with Crippen LogP contribution in [0, 0.1) is 6.92 Å². The van der Waals surface area contributed by atoms with Gasteiger partial charge in [0, 0.05) is 5.56 Å². The van der Waals surface area contributed by atoms with E-state index in [1.807, 2.05) is 48.5 Å². The van der Waals surface area contributed by atoms with Gasteiger partial charge in [0.2, 0.25) is 0 Å². The third-order valence-electron chi connectivity index (χ3n) is 5.35. The van der Waals surface area contributed by atoms with Gasteiger partial charge in [0.15, 0.2) is 5.13 Å². The minimum Gasteiger partial charge on any atom is -0.508 e. The van der Waals surface area contributed by atoms with E-state index in [9.17, 15) is 10.2 Å². The Hall–Kier alpha value is -3.57. The molecule has 1 aromatic heterocycles. The first-order valence-corrected chi connectivity index (χ1v) is 10.5. The molecule has 5 heteroatoms. The first-order valence-electron chi connectivity index (χ1n) is 9.72. The number of fused-ring (bicyclic) bond motifs is 2. The number of anilines is 1. The fourth-order valence-corrected chi connectivity index (χ4v) is 4.82. The van der Waals surface area contributed by atoms with Crippen LogP contribution in [0.2, 0.25) is 0 Å². The maximum absolute atomic E-state index is 10.9. The summed E-state index contributed by atoms with van der Waals surface area (Å²) in [5.41, 5.74) is 3.83. The Kier molecular flexibility index (Phi) is 4.52. The van der Waals surface area contributed by atoms with Gasteiger partial charge in [-0.05, 0) is 53.1 Å². The summed E-state index contributed by atoms with van der Waals surface area (Å²) in [6.45, 7) is 2.06. The van der Waals surface area contributed by atoms with Gasteiger partial charge in [-0.2, -0.15) is 0 Å². The fraction of sp³-hybridized carbons (Fsp3) is 0.0800. The van der Waals surface area contributed by atoms with E-state index in [0.717, 1.165) is 42.8 Å².